The maximum atomic E-state index is 12.8. The van der Waals surface area contributed by atoms with Crippen molar-refractivity contribution in [1.82, 2.24) is 0 Å². The third kappa shape index (κ3) is 1.82. The van der Waals surface area contributed by atoms with Gasteiger partial charge < -0.3 is 9.47 Å². The molecule has 0 unspecified atom stereocenters. The first-order valence-corrected chi connectivity index (χ1v) is 8.18. The third-order valence-electron chi connectivity index (χ3n) is 5.67. The molecule has 0 saturated heterocycles. The molecule has 3 rings (SSSR count). The highest BCUT2D eigenvalue weighted by molar-refractivity contribution is 6.06. The van der Waals surface area contributed by atoms with E-state index < -0.39 is 28.7 Å². The Morgan fingerprint density at radius 1 is 1.26 bits per heavy atom. The zero-order valence-electron chi connectivity index (χ0n) is 13.6. The summed E-state index contributed by atoms with van der Waals surface area (Å²) >= 11 is 0. The van der Waals surface area contributed by atoms with Crippen LogP contribution < -0.4 is 0 Å². The van der Waals surface area contributed by atoms with Gasteiger partial charge in [0, 0.05) is 11.8 Å². The summed E-state index contributed by atoms with van der Waals surface area (Å²) < 4.78 is 10.4. The number of hydrogen-bond acceptors (Lipinski definition) is 5. The topological polar surface area (TPSA) is 69.7 Å². The molecule has 2 bridgehead atoms. The van der Waals surface area contributed by atoms with Gasteiger partial charge in [0.1, 0.15) is 0 Å². The van der Waals surface area contributed by atoms with Gasteiger partial charge in [-0.1, -0.05) is 24.3 Å². The second-order valence-electron chi connectivity index (χ2n) is 6.56. The van der Waals surface area contributed by atoms with Crippen molar-refractivity contribution >= 4 is 17.7 Å². The van der Waals surface area contributed by atoms with Gasteiger partial charge in [-0.3, -0.25) is 14.4 Å². The molecule has 3 atom stereocenters. The Hall–Kier alpha value is -1.91. The molecule has 0 radical (unpaired) electrons. The van der Waals surface area contributed by atoms with Crippen molar-refractivity contribution in [1.29, 1.82) is 0 Å². The number of hydrogen-bond donors (Lipinski definition) is 0. The van der Waals surface area contributed by atoms with Gasteiger partial charge in [-0.25, -0.2) is 0 Å². The highest BCUT2D eigenvalue weighted by atomic mass is 16.6. The highest BCUT2D eigenvalue weighted by Gasteiger charge is 2.73. The van der Waals surface area contributed by atoms with E-state index >= 15 is 0 Å². The largest absolute Gasteiger partial charge is 0.465 e. The second-order valence-corrected chi connectivity index (χ2v) is 6.56. The molecule has 0 aromatic heterocycles. The normalized spacial score (nSPS) is 33.5. The van der Waals surface area contributed by atoms with Gasteiger partial charge in [-0.05, 0) is 33.1 Å². The van der Waals surface area contributed by atoms with Crippen LogP contribution in [0.4, 0.5) is 0 Å². The fourth-order valence-corrected chi connectivity index (χ4v) is 4.73. The first kappa shape index (κ1) is 16.0. The van der Waals surface area contributed by atoms with Crippen LogP contribution in [0.2, 0.25) is 0 Å². The van der Waals surface area contributed by atoms with Crippen LogP contribution in [0.25, 0.3) is 0 Å². The Morgan fingerprint density at radius 3 is 2.43 bits per heavy atom. The molecule has 0 amide bonds. The minimum Gasteiger partial charge on any atom is -0.465 e. The second kappa shape index (κ2) is 5.32. The van der Waals surface area contributed by atoms with Gasteiger partial charge in [0.15, 0.2) is 11.2 Å². The molecule has 124 valence electrons. The van der Waals surface area contributed by atoms with E-state index in [1.807, 2.05) is 12.2 Å². The van der Waals surface area contributed by atoms with Crippen LogP contribution >= 0.6 is 0 Å². The molecule has 3 aliphatic rings. The number of carbonyl (C=O) groups excluding carboxylic acids is 3. The first-order valence-electron chi connectivity index (χ1n) is 8.18. The van der Waals surface area contributed by atoms with E-state index in [2.05, 4.69) is 6.58 Å². The van der Waals surface area contributed by atoms with E-state index in [9.17, 15) is 14.4 Å². The lowest BCUT2D eigenvalue weighted by molar-refractivity contribution is -0.176. The van der Waals surface area contributed by atoms with Gasteiger partial charge in [0.2, 0.25) is 0 Å². The first-order chi connectivity index (χ1) is 10.9. The number of fused-ring (bicyclic) bond motifs is 1. The van der Waals surface area contributed by atoms with Crippen molar-refractivity contribution in [3.63, 3.8) is 0 Å². The smallest absolute Gasteiger partial charge is 0.324 e. The van der Waals surface area contributed by atoms with E-state index in [1.165, 1.54) is 0 Å². The van der Waals surface area contributed by atoms with Crippen molar-refractivity contribution in [2.75, 3.05) is 13.2 Å². The van der Waals surface area contributed by atoms with Crippen molar-refractivity contribution < 1.29 is 23.9 Å². The van der Waals surface area contributed by atoms with Crippen LogP contribution in [-0.2, 0) is 23.9 Å². The molecule has 0 N–H and O–H groups in total. The van der Waals surface area contributed by atoms with Crippen LogP contribution in [0.5, 0.6) is 0 Å². The van der Waals surface area contributed by atoms with Gasteiger partial charge in [-0.15, -0.1) is 0 Å². The predicted molar refractivity (Wildman–Crippen MR) is 82.3 cm³/mol. The van der Waals surface area contributed by atoms with Gasteiger partial charge >= 0.3 is 11.9 Å². The molecule has 0 aromatic rings. The zero-order chi connectivity index (χ0) is 16.8. The van der Waals surface area contributed by atoms with Crippen molar-refractivity contribution in [3.8, 4) is 0 Å². The Labute approximate surface area is 135 Å². The number of esters is 2. The number of rotatable bonds is 4. The molecule has 1 spiro atoms. The lowest BCUT2D eigenvalue weighted by Crippen LogP contribution is -2.47. The summed E-state index contributed by atoms with van der Waals surface area (Å²) in [5, 5.41) is 0. The van der Waals surface area contributed by atoms with E-state index in [0.29, 0.717) is 18.4 Å². The maximum absolute atomic E-state index is 12.8. The van der Waals surface area contributed by atoms with Gasteiger partial charge in [-0.2, -0.15) is 0 Å². The lowest BCUT2D eigenvalue weighted by atomic mass is 9.67. The fraction of sp³-hybridized carbons (Fsp3) is 0.611. The highest BCUT2D eigenvalue weighted by Crippen LogP contribution is 2.67. The Balaban J connectivity index is 2.12. The Bertz CT molecular complexity index is 599. The summed E-state index contributed by atoms with van der Waals surface area (Å²) in [5.41, 5.74) is -1.57. The predicted octanol–water partition coefficient (Wildman–Crippen LogP) is 2.21. The summed E-state index contributed by atoms with van der Waals surface area (Å²) in [6.45, 7) is 7.84. The number of carbonyl (C=O) groups is 3. The summed E-state index contributed by atoms with van der Waals surface area (Å²) in [5.74, 6) is -1.74. The van der Waals surface area contributed by atoms with Crippen molar-refractivity contribution in [3.05, 3.63) is 24.3 Å². The van der Waals surface area contributed by atoms with Gasteiger partial charge in [0.25, 0.3) is 0 Å². The van der Waals surface area contributed by atoms with E-state index in [1.54, 1.807) is 13.8 Å². The molecular formula is C18H22O5. The van der Waals surface area contributed by atoms with Crippen LogP contribution in [-0.4, -0.2) is 30.9 Å². The summed E-state index contributed by atoms with van der Waals surface area (Å²) in [4.78, 5) is 38.4. The van der Waals surface area contributed by atoms with Gasteiger partial charge in [0.05, 0.1) is 18.6 Å². The molecule has 5 heteroatoms. The third-order valence-corrected chi connectivity index (χ3v) is 5.67. The number of ether oxygens (including phenoxy) is 2. The SMILES string of the molecule is C=C1CC(C(=O)OCC)(C(=O)OCC)[C@@H]2C[C@H]3C=CC[C@@]12C3=O. The van der Waals surface area contributed by atoms with Crippen molar-refractivity contribution in [2.45, 2.75) is 33.1 Å². The molecule has 2 saturated carbocycles. The standard InChI is InChI=1S/C18H22O5/c1-4-22-15(20)18(16(21)23-5-2)10-11(3)17-8-6-7-12(14(17)19)9-13(17)18/h6-7,12-13H,3-5,8-10H2,1-2H3/t12-,13-,17-/m1/s1. The van der Waals surface area contributed by atoms with E-state index in [0.717, 1.165) is 0 Å². The Kier molecular flexibility index (Phi) is 3.69. The minimum atomic E-state index is -1.43. The zero-order valence-corrected chi connectivity index (χ0v) is 13.6. The molecule has 0 aliphatic heterocycles. The minimum absolute atomic E-state index is 0.0884. The fourth-order valence-electron chi connectivity index (χ4n) is 4.73. The molecule has 5 nitrogen and oxygen atoms in total. The molecule has 0 aromatic carbocycles. The quantitative estimate of drug-likeness (QED) is 0.451. The molecule has 2 fully saturated rings. The number of allylic oxidation sites excluding steroid dienone is 3. The summed E-state index contributed by atoms with van der Waals surface area (Å²) in [6, 6.07) is 0. The number of ketones is 1. The molecule has 0 heterocycles. The molecule has 23 heavy (non-hydrogen) atoms. The Morgan fingerprint density at radius 2 is 1.87 bits per heavy atom. The van der Waals surface area contributed by atoms with E-state index in [-0.39, 0.29) is 31.3 Å². The monoisotopic (exact) mass is 318 g/mol. The van der Waals surface area contributed by atoms with Crippen LogP contribution in [0.15, 0.2) is 24.3 Å². The number of Topliss-reactive ketones (excluding diaryl/α,β-unsaturated/α-hetero) is 1. The van der Waals surface area contributed by atoms with Crippen LogP contribution in [0, 0.1) is 22.7 Å². The summed E-state index contributed by atoms with van der Waals surface area (Å²) in [6.07, 6.45) is 4.99. The maximum Gasteiger partial charge on any atom is 0.324 e. The molecular weight excluding hydrogens is 296 g/mol. The lowest BCUT2D eigenvalue weighted by Gasteiger charge is -2.34. The average molecular weight is 318 g/mol. The summed E-state index contributed by atoms with van der Waals surface area (Å²) in [7, 11) is 0. The van der Waals surface area contributed by atoms with E-state index in [4.69, 9.17) is 9.47 Å². The average Bonchev–Trinajstić information content (AvgIpc) is 2.83. The van der Waals surface area contributed by atoms with Crippen molar-refractivity contribution in [2.24, 2.45) is 22.7 Å². The van der Waals surface area contributed by atoms with Crippen LogP contribution in [0.3, 0.4) is 0 Å². The molecule has 3 aliphatic carbocycles. The van der Waals surface area contributed by atoms with Crippen LogP contribution in [0.1, 0.15) is 33.1 Å².